The highest BCUT2D eigenvalue weighted by molar-refractivity contribution is 5.94. The van der Waals surface area contributed by atoms with E-state index in [2.05, 4.69) is 10.6 Å². The number of para-hydroxylation sites is 1. The topological polar surface area (TPSA) is 71.3 Å². The Hall–Kier alpha value is -3.22. The highest BCUT2D eigenvalue weighted by Gasteiger charge is 2.12. The monoisotopic (exact) mass is 358 g/mol. The van der Waals surface area contributed by atoms with Crippen molar-refractivity contribution < 1.29 is 22.8 Å². The van der Waals surface area contributed by atoms with E-state index in [0.717, 1.165) is 23.1 Å². The van der Waals surface area contributed by atoms with Gasteiger partial charge in [-0.05, 0) is 24.3 Å². The molecule has 1 aromatic heterocycles. The third kappa shape index (κ3) is 4.24. The van der Waals surface area contributed by atoms with Gasteiger partial charge in [-0.25, -0.2) is 8.78 Å². The molecule has 0 aliphatic heterocycles. The third-order valence-electron chi connectivity index (χ3n) is 3.75. The molecule has 3 rings (SSSR count). The maximum atomic E-state index is 13.5. The number of halogens is 2. The Labute approximate surface area is 148 Å². The maximum Gasteiger partial charge on any atom is 0.254 e. The second-order valence-corrected chi connectivity index (χ2v) is 5.66. The molecule has 0 aliphatic rings. The van der Waals surface area contributed by atoms with Crippen molar-refractivity contribution in [1.82, 2.24) is 10.6 Å². The van der Waals surface area contributed by atoms with Gasteiger partial charge in [0.15, 0.2) is 0 Å². The van der Waals surface area contributed by atoms with Crippen LogP contribution in [0.25, 0.3) is 11.0 Å². The minimum Gasteiger partial charge on any atom is -0.459 e. The molecule has 5 nitrogen and oxygen atoms in total. The lowest BCUT2D eigenvalue weighted by molar-refractivity contribution is -0.121. The van der Waals surface area contributed by atoms with Crippen LogP contribution >= 0.6 is 0 Å². The van der Waals surface area contributed by atoms with Gasteiger partial charge in [-0.2, -0.15) is 0 Å². The van der Waals surface area contributed by atoms with Crippen molar-refractivity contribution in [3.63, 3.8) is 0 Å². The molecule has 3 aromatic rings. The molecule has 0 saturated heterocycles. The number of carbonyl (C=O) groups is 2. The highest BCUT2D eigenvalue weighted by atomic mass is 19.1. The van der Waals surface area contributed by atoms with Crippen LogP contribution in [-0.4, -0.2) is 18.4 Å². The summed E-state index contributed by atoms with van der Waals surface area (Å²) in [6.45, 7) is 0.260. The van der Waals surface area contributed by atoms with Crippen LogP contribution in [0.2, 0.25) is 0 Å². The fourth-order valence-corrected chi connectivity index (χ4v) is 2.46. The van der Waals surface area contributed by atoms with Crippen LogP contribution in [-0.2, 0) is 11.3 Å². The summed E-state index contributed by atoms with van der Waals surface area (Å²) < 4.78 is 31.9. The van der Waals surface area contributed by atoms with E-state index in [0.29, 0.717) is 11.8 Å². The lowest BCUT2D eigenvalue weighted by atomic mass is 10.2. The first-order chi connectivity index (χ1) is 12.5. The minimum absolute atomic E-state index is 0.0226. The van der Waals surface area contributed by atoms with Crippen molar-refractivity contribution in [1.29, 1.82) is 0 Å². The van der Waals surface area contributed by atoms with Crippen molar-refractivity contribution in [2.24, 2.45) is 0 Å². The molecule has 1 heterocycles. The lowest BCUT2D eigenvalue weighted by Gasteiger charge is -2.06. The van der Waals surface area contributed by atoms with Crippen LogP contribution in [0.1, 0.15) is 22.5 Å². The van der Waals surface area contributed by atoms with E-state index >= 15 is 0 Å². The molecular weight excluding hydrogens is 342 g/mol. The fourth-order valence-electron chi connectivity index (χ4n) is 2.46. The molecule has 0 unspecified atom stereocenters. The zero-order chi connectivity index (χ0) is 18.5. The van der Waals surface area contributed by atoms with E-state index in [1.54, 1.807) is 0 Å². The number of rotatable bonds is 6. The quantitative estimate of drug-likeness (QED) is 0.711. The molecule has 2 N–H and O–H groups in total. The summed E-state index contributed by atoms with van der Waals surface area (Å²) in [5, 5.41) is 6.06. The van der Waals surface area contributed by atoms with Crippen LogP contribution in [0.3, 0.4) is 0 Å². The average molecular weight is 358 g/mol. The maximum absolute atomic E-state index is 13.5. The molecule has 2 aromatic carbocycles. The van der Waals surface area contributed by atoms with Gasteiger partial charge in [0.2, 0.25) is 5.91 Å². The number of furan rings is 1. The molecule has 0 spiro atoms. The van der Waals surface area contributed by atoms with Gasteiger partial charge in [0.05, 0.1) is 12.1 Å². The number of carbonyl (C=O) groups excluding carboxylic acids is 2. The Morgan fingerprint density at radius 1 is 1.00 bits per heavy atom. The summed E-state index contributed by atoms with van der Waals surface area (Å²) in [7, 11) is 0. The normalized spacial score (nSPS) is 10.7. The van der Waals surface area contributed by atoms with Crippen molar-refractivity contribution in [3.8, 4) is 0 Å². The number of amides is 2. The number of fused-ring (bicyclic) bond motifs is 1. The van der Waals surface area contributed by atoms with E-state index in [1.165, 1.54) is 0 Å². The van der Waals surface area contributed by atoms with E-state index < -0.39 is 17.5 Å². The first-order valence-electron chi connectivity index (χ1n) is 8.00. The van der Waals surface area contributed by atoms with Gasteiger partial charge in [0, 0.05) is 24.4 Å². The van der Waals surface area contributed by atoms with Crippen LogP contribution in [0.4, 0.5) is 8.78 Å². The van der Waals surface area contributed by atoms with Crippen LogP contribution < -0.4 is 10.6 Å². The zero-order valence-corrected chi connectivity index (χ0v) is 13.7. The molecule has 0 saturated carbocycles. The molecule has 2 amide bonds. The molecule has 134 valence electrons. The Bertz CT molecular complexity index is 920. The second kappa shape index (κ2) is 7.77. The summed E-state index contributed by atoms with van der Waals surface area (Å²) in [6, 6.07) is 12.0. The number of hydrogen-bond acceptors (Lipinski definition) is 3. The fraction of sp³-hybridized carbons (Fsp3) is 0.158. The smallest absolute Gasteiger partial charge is 0.254 e. The standard InChI is InChI=1S/C19H16F2N2O3/c20-13-5-6-15(16(21)10-13)19(25)22-8-7-18(24)23-11-14-9-12-3-1-2-4-17(12)26-14/h1-6,9-10H,7-8,11H2,(H,22,25)(H,23,24). The van der Waals surface area contributed by atoms with Gasteiger partial charge < -0.3 is 15.1 Å². The third-order valence-corrected chi connectivity index (χ3v) is 3.75. The number of nitrogens with one attached hydrogen (secondary N) is 2. The first kappa shape index (κ1) is 17.6. The van der Waals surface area contributed by atoms with Crippen molar-refractivity contribution in [2.75, 3.05) is 6.54 Å². The Morgan fingerprint density at radius 2 is 1.81 bits per heavy atom. The van der Waals surface area contributed by atoms with Gasteiger partial charge in [0.25, 0.3) is 5.91 Å². The summed E-state index contributed by atoms with van der Waals surface area (Å²) in [5.74, 6) is -2.07. The minimum atomic E-state index is -0.947. The summed E-state index contributed by atoms with van der Waals surface area (Å²) in [6.07, 6.45) is 0.0226. The first-order valence-corrected chi connectivity index (χ1v) is 8.00. The van der Waals surface area contributed by atoms with E-state index in [1.807, 2.05) is 30.3 Å². The van der Waals surface area contributed by atoms with Crippen molar-refractivity contribution in [2.45, 2.75) is 13.0 Å². The molecule has 0 radical (unpaired) electrons. The highest BCUT2D eigenvalue weighted by Crippen LogP contribution is 2.18. The van der Waals surface area contributed by atoms with Crippen LogP contribution in [0, 0.1) is 11.6 Å². The SMILES string of the molecule is O=C(CCNC(=O)c1ccc(F)cc1F)NCc1cc2ccccc2o1. The van der Waals surface area contributed by atoms with Gasteiger partial charge in [-0.3, -0.25) is 9.59 Å². The van der Waals surface area contributed by atoms with Crippen LogP contribution in [0.5, 0.6) is 0 Å². The molecule has 0 atom stereocenters. The van der Waals surface area contributed by atoms with Crippen molar-refractivity contribution >= 4 is 22.8 Å². The van der Waals surface area contributed by atoms with Crippen molar-refractivity contribution in [3.05, 3.63) is 71.5 Å². The molecular formula is C19H16F2N2O3. The molecule has 0 fully saturated rings. The Kier molecular flexibility index (Phi) is 5.26. The molecule has 7 heteroatoms. The van der Waals surface area contributed by atoms with Gasteiger partial charge in [-0.15, -0.1) is 0 Å². The molecule has 26 heavy (non-hydrogen) atoms. The summed E-state index contributed by atoms with van der Waals surface area (Å²) >= 11 is 0. The van der Waals surface area contributed by atoms with Gasteiger partial charge in [-0.1, -0.05) is 18.2 Å². The van der Waals surface area contributed by atoms with Crippen LogP contribution in [0.15, 0.2) is 52.9 Å². The predicted molar refractivity (Wildman–Crippen MR) is 91.4 cm³/mol. The van der Waals surface area contributed by atoms with Gasteiger partial charge >= 0.3 is 0 Å². The lowest BCUT2D eigenvalue weighted by Crippen LogP contribution is -2.30. The summed E-state index contributed by atoms with van der Waals surface area (Å²) in [5.41, 5.74) is 0.472. The largest absolute Gasteiger partial charge is 0.459 e. The molecule has 0 bridgehead atoms. The molecule has 0 aliphatic carbocycles. The number of hydrogen-bond donors (Lipinski definition) is 2. The number of benzene rings is 2. The predicted octanol–water partition coefficient (Wildman–Crippen LogP) is 3.15. The Morgan fingerprint density at radius 3 is 2.58 bits per heavy atom. The zero-order valence-electron chi connectivity index (χ0n) is 13.7. The van der Waals surface area contributed by atoms with E-state index in [4.69, 9.17) is 4.42 Å². The average Bonchev–Trinajstić information content (AvgIpc) is 3.03. The van der Waals surface area contributed by atoms with E-state index in [9.17, 15) is 18.4 Å². The Balaban J connectivity index is 1.44. The van der Waals surface area contributed by atoms with E-state index in [-0.39, 0.29) is 31.0 Å². The van der Waals surface area contributed by atoms with Gasteiger partial charge in [0.1, 0.15) is 23.0 Å². The summed E-state index contributed by atoms with van der Waals surface area (Å²) in [4.78, 5) is 23.7. The second-order valence-electron chi connectivity index (χ2n) is 5.66.